The number of nitrogens with zero attached hydrogens (tertiary/aromatic N) is 7. The molecule has 3 aromatic heterocycles. The molecule has 3 aliphatic rings. The van der Waals surface area contributed by atoms with Crippen LogP contribution in [0.5, 0.6) is 0 Å². The second-order valence-electron chi connectivity index (χ2n) is 6.93. The van der Waals surface area contributed by atoms with Crippen LogP contribution in [-0.2, 0) is 4.79 Å². The highest BCUT2D eigenvalue weighted by atomic mass is 32.2. The molecule has 2 bridgehead atoms. The minimum absolute atomic E-state index is 0.218. The highest BCUT2D eigenvalue weighted by Gasteiger charge is 2.47. The molecule has 8 nitrogen and oxygen atoms in total. The highest BCUT2D eigenvalue weighted by Crippen LogP contribution is 2.35. The number of hydrogen-bond acceptors (Lipinski definition) is 7. The fourth-order valence-electron chi connectivity index (χ4n) is 3.91. The molecule has 2 atom stereocenters. The number of pyridine rings is 1. The summed E-state index contributed by atoms with van der Waals surface area (Å²) in [5, 5.41) is 12.8. The molecular weight excluding hydrogens is 362 g/mol. The summed E-state index contributed by atoms with van der Waals surface area (Å²) in [6.07, 6.45) is 4.59. The third-order valence-electron chi connectivity index (χ3n) is 5.22. The number of aromatic nitrogens is 5. The maximum atomic E-state index is 12.7. The predicted octanol–water partition coefficient (Wildman–Crippen LogP) is 1.41. The Morgan fingerprint density at radius 3 is 2.70 bits per heavy atom. The molecule has 1 amide bonds. The van der Waals surface area contributed by atoms with Crippen LogP contribution in [0, 0.1) is 6.92 Å². The Kier molecular flexibility index (Phi) is 3.96. The number of thioether (sulfide) groups is 1. The molecule has 3 aromatic rings. The summed E-state index contributed by atoms with van der Waals surface area (Å²) in [6, 6.07) is 8.34. The number of piperidine rings is 1. The Morgan fingerprint density at radius 1 is 1.15 bits per heavy atom. The number of rotatable bonds is 4. The van der Waals surface area contributed by atoms with Crippen molar-refractivity contribution in [2.75, 3.05) is 23.7 Å². The minimum atomic E-state index is 0.218. The van der Waals surface area contributed by atoms with Gasteiger partial charge in [0.25, 0.3) is 0 Å². The van der Waals surface area contributed by atoms with E-state index in [1.165, 1.54) is 0 Å². The Hall–Kier alpha value is -2.68. The van der Waals surface area contributed by atoms with E-state index < -0.39 is 0 Å². The van der Waals surface area contributed by atoms with Crippen molar-refractivity contribution in [2.45, 2.75) is 30.3 Å². The number of carbonyl (C=O) groups is 1. The van der Waals surface area contributed by atoms with Crippen LogP contribution in [0.25, 0.3) is 5.65 Å². The van der Waals surface area contributed by atoms with E-state index in [-0.39, 0.29) is 18.0 Å². The molecule has 0 spiro atoms. The quantitative estimate of drug-likeness (QED) is 0.632. The van der Waals surface area contributed by atoms with Crippen molar-refractivity contribution >= 4 is 29.1 Å². The minimum Gasteiger partial charge on any atom is -0.351 e. The number of fused-ring (bicyclic) bond motifs is 3. The molecule has 6 rings (SSSR count). The van der Waals surface area contributed by atoms with E-state index in [4.69, 9.17) is 0 Å². The molecule has 3 saturated heterocycles. The van der Waals surface area contributed by atoms with E-state index in [0.29, 0.717) is 5.75 Å². The van der Waals surface area contributed by atoms with E-state index in [0.717, 1.165) is 41.7 Å². The molecule has 2 unspecified atom stereocenters. The summed E-state index contributed by atoms with van der Waals surface area (Å²) in [5.41, 5.74) is 0.753. The van der Waals surface area contributed by atoms with Crippen LogP contribution in [0.3, 0.4) is 0 Å². The zero-order valence-corrected chi connectivity index (χ0v) is 15.7. The van der Waals surface area contributed by atoms with Gasteiger partial charge in [-0.25, -0.2) is 0 Å². The van der Waals surface area contributed by atoms with Crippen molar-refractivity contribution in [3.05, 3.63) is 42.5 Å². The largest absolute Gasteiger partial charge is 0.351 e. The molecule has 0 aromatic carbocycles. The van der Waals surface area contributed by atoms with Crippen molar-refractivity contribution in [1.82, 2.24) is 29.7 Å². The number of amides is 1. The van der Waals surface area contributed by atoms with E-state index in [1.54, 1.807) is 28.7 Å². The zero-order chi connectivity index (χ0) is 18.4. The van der Waals surface area contributed by atoms with Crippen LogP contribution < -0.4 is 4.90 Å². The first-order valence-electron chi connectivity index (χ1n) is 8.97. The standard InChI is InChI=1S/C18H19N7OS/c1-12-20-21-16-2-3-17(22-25(12)16)23-9-13-8-14(10-23)24(13)18(26)11-27-15-4-6-19-7-5-15/h2-7,13-14H,8-11H2,1H3. The highest BCUT2D eigenvalue weighted by molar-refractivity contribution is 8.00. The lowest BCUT2D eigenvalue weighted by atomic mass is 9.87. The SMILES string of the molecule is Cc1nnc2ccc(N3CC4CC(C3)N4C(=O)CSc3ccncc3)nn12. The van der Waals surface area contributed by atoms with Crippen LogP contribution in [-0.4, -0.2) is 66.5 Å². The molecule has 138 valence electrons. The van der Waals surface area contributed by atoms with Gasteiger partial charge in [-0.3, -0.25) is 9.78 Å². The smallest absolute Gasteiger partial charge is 0.233 e. The molecule has 9 heteroatoms. The van der Waals surface area contributed by atoms with Gasteiger partial charge < -0.3 is 9.80 Å². The molecular formula is C18H19N7OS. The summed E-state index contributed by atoms with van der Waals surface area (Å²) in [4.78, 5) is 22.1. The fourth-order valence-corrected chi connectivity index (χ4v) is 4.67. The van der Waals surface area contributed by atoms with Crippen LogP contribution in [0.15, 0.2) is 41.6 Å². The van der Waals surface area contributed by atoms with Gasteiger partial charge in [0.15, 0.2) is 11.5 Å². The monoisotopic (exact) mass is 381 g/mol. The van der Waals surface area contributed by atoms with E-state index in [9.17, 15) is 4.79 Å². The Bertz CT molecular complexity index is 980. The average molecular weight is 381 g/mol. The van der Waals surface area contributed by atoms with Crippen molar-refractivity contribution in [3.63, 3.8) is 0 Å². The third-order valence-corrected chi connectivity index (χ3v) is 6.22. The van der Waals surface area contributed by atoms with Gasteiger partial charge in [0.2, 0.25) is 5.91 Å². The molecule has 0 N–H and O–H groups in total. The Balaban J connectivity index is 1.24. The van der Waals surface area contributed by atoms with Gasteiger partial charge in [-0.05, 0) is 37.6 Å². The Morgan fingerprint density at radius 2 is 1.93 bits per heavy atom. The summed E-state index contributed by atoms with van der Waals surface area (Å²) in [5.74, 6) is 2.38. The molecule has 3 aliphatic heterocycles. The maximum Gasteiger partial charge on any atom is 0.233 e. The first-order chi connectivity index (χ1) is 13.2. The number of piperazine rings is 1. The molecule has 3 fully saturated rings. The van der Waals surface area contributed by atoms with Gasteiger partial charge in [-0.1, -0.05) is 0 Å². The lowest BCUT2D eigenvalue weighted by Crippen LogP contribution is -2.70. The van der Waals surface area contributed by atoms with Crippen LogP contribution in [0.1, 0.15) is 12.2 Å². The maximum absolute atomic E-state index is 12.7. The van der Waals surface area contributed by atoms with Crippen molar-refractivity contribution in [3.8, 4) is 0 Å². The van der Waals surface area contributed by atoms with Crippen LogP contribution in [0.2, 0.25) is 0 Å². The number of carbonyl (C=O) groups excluding carboxylic acids is 1. The van der Waals surface area contributed by atoms with Gasteiger partial charge in [0.05, 0.1) is 17.8 Å². The van der Waals surface area contributed by atoms with Gasteiger partial charge in [0, 0.05) is 30.4 Å². The molecule has 6 heterocycles. The molecule has 0 saturated carbocycles. The molecule has 0 radical (unpaired) electrons. The summed E-state index contributed by atoms with van der Waals surface area (Å²) in [6.45, 7) is 3.54. The second kappa shape index (κ2) is 6.49. The van der Waals surface area contributed by atoms with E-state index in [1.807, 2.05) is 31.2 Å². The normalized spacial score (nSPS) is 21.4. The summed E-state index contributed by atoms with van der Waals surface area (Å²) >= 11 is 1.57. The lowest BCUT2D eigenvalue weighted by Gasteiger charge is -2.56. The first kappa shape index (κ1) is 16.5. The van der Waals surface area contributed by atoms with Gasteiger partial charge in [0.1, 0.15) is 5.82 Å². The fraction of sp³-hybridized carbons (Fsp3) is 0.389. The summed E-state index contributed by atoms with van der Waals surface area (Å²) < 4.78 is 1.77. The number of anilines is 1. The second-order valence-corrected chi connectivity index (χ2v) is 7.98. The van der Waals surface area contributed by atoms with Gasteiger partial charge >= 0.3 is 0 Å². The van der Waals surface area contributed by atoms with Crippen LogP contribution in [0.4, 0.5) is 5.82 Å². The van der Waals surface area contributed by atoms with Gasteiger partial charge in [-0.15, -0.1) is 27.1 Å². The number of hydrogen-bond donors (Lipinski definition) is 0. The summed E-state index contributed by atoms with van der Waals surface area (Å²) in [7, 11) is 0. The predicted molar refractivity (Wildman–Crippen MR) is 102 cm³/mol. The third kappa shape index (κ3) is 2.91. The zero-order valence-electron chi connectivity index (χ0n) is 14.9. The first-order valence-corrected chi connectivity index (χ1v) is 9.95. The molecule has 27 heavy (non-hydrogen) atoms. The van der Waals surface area contributed by atoms with E-state index >= 15 is 0 Å². The van der Waals surface area contributed by atoms with Crippen molar-refractivity contribution < 1.29 is 4.79 Å². The molecule has 0 aliphatic carbocycles. The lowest BCUT2D eigenvalue weighted by molar-refractivity contribution is -0.143. The van der Waals surface area contributed by atoms with Gasteiger partial charge in [-0.2, -0.15) is 4.52 Å². The van der Waals surface area contributed by atoms with Crippen molar-refractivity contribution in [2.24, 2.45) is 0 Å². The van der Waals surface area contributed by atoms with Crippen LogP contribution >= 0.6 is 11.8 Å². The van der Waals surface area contributed by atoms with E-state index in [2.05, 4.69) is 30.1 Å². The Labute approximate surface area is 160 Å². The average Bonchev–Trinajstić information content (AvgIpc) is 3.07. The number of aryl methyl sites for hydroxylation is 1. The topological polar surface area (TPSA) is 79.5 Å². The van der Waals surface area contributed by atoms with Crippen molar-refractivity contribution in [1.29, 1.82) is 0 Å².